The molecule has 0 heterocycles. The van der Waals surface area contributed by atoms with Gasteiger partial charge in [0.15, 0.2) is 5.78 Å². The first-order valence-corrected chi connectivity index (χ1v) is 6.05. The SMILES string of the molecule is Cc1cc(O)ccc1C1=C(O)CC(C)(C)CC1=O. The lowest BCUT2D eigenvalue weighted by molar-refractivity contribution is -0.116. The van der Waals surface area contributed by atoms with Gasteiger partial charge in [0.1, 0.15) is 11.5 Å². The van der Waals surface area contributed by atoms with Crippen LogP contribution in [0.15, 0.2) is 24.0 Å². The van der Waals surface area contributed by atoms with Crippen molar-refractivity contribution in [2.24, 2.45) is 5.41 Å². The Morgan fingerprint density at radius 1 is 1.17 bits per heavy atom. The number of rotatable bonds is 1. The molecular weight excluding hydrogens is 228 g/mol. The Morgan fingerprint density at radius 3 is 2.39 bits per heavy atom. The summed E-state index contributed by atoms with van der Waals surface area (Å²) in [4.78, 5) is 12.2. The molecule has 0 spiro atoms. The first-order chi connectivity index (χ1) is 8.30. The molecule has 1 aromatic rings. The van der Waals surface area contributed by atoms with Crippen LogP contribution in [0.4, 0.5) is 0 Å². The van der Waals surface area contributed by atoms with Crippen LogP contribution < -0.4 is 0 Å². The van der Waals surface area contributed by atoms with Crippen molar-refractivity contribution < 1.29 is 15.0 Å². The van der Waals surface area contributed by atoms with Crippen LogP contribution in [0.2, 0.25) is 0 Å². The van der Waals surface area contributed by atoms with E-state index in [0.29, 0.717) is 24.0 Å². The van der Waals surface area contributed by atoms with Crippen molar-refractivity contribution in [3.05, 3.63) is 35.1 Å². The van der Waals surface area contributed by atoms with Crippen LogP contribution in [0.1, 0.15) is 37.8 Å². The number of carbonyl (C=O) groups is 1. The van der Waals surface area contributed by atoms with Crippen molar-refractivity contribution in [1.82, 2.24) is 0 Å². The van der Waals surface area contributed by atoms with Gasteiger partial charge in [-0.2, -0.15) is 0 Å². The number of aliphatic hydroxyl groups excluding tert-OH is 1. The second kappa shape index (κ2) is 4.16. The minimum absolute atomic E-state index is 0.0301. The molecule has 0 unspecified atom stereocenters. The quantitative estimate of drug-likeness (QED) is 0.798. The summed E-state index contributed by atoms with van der Waals surface area (Å²) in [5.41, 5.74) is 1.73. The Balaban J connectivity index is 2.53. The van der Waals surface area contributed by atoms with Gasteiger partial charge in [0.05, 0.1) is 5.57 Å². The summed E-state index contributed by atoms with van der Waals surface area (Å²) in [7, 11) is 0. The van der Waals surface area contributed by atoms with E-state index in [1.165, 1.54) is 6.07 Å². The van der Waals surface area contributed by atoms with Crippen molar-refractivity contribution in [3.8, 4) is 5.75 Å². The molecule has 0 saturated heterocycles. The predicted octanol–water partition coefficient (Wildman–Crippen LogP) is 3.36. The standard InChI is InChI=1S/C15H18O3/c1-9-6-10(16)4-5-11(9)14-12(17)7-15(2,3)8-13(14)18/h4-6,16-17H,7-8H2,1-3H3. The van der Waals surface area contributed by atoms with Crippen LogP contribution in [-0.4, -0.2) is 16.0 Å². The molecular formula is C15H18O3. The third-order valence-electron chi connectivity index (χ3n) is 3.33. The summed E-state index contributed by atoms with van der Waals surface area (Å²) in [6.07, 6.45) is 0.946. The Labute approximate surface area is 107 Å². The fraction of sp³-hybridized carbons (Fsp3) is 0.400. The van der Waals surface area contributed by atoms with Crippen LogP contribution in [-0.2, 0) is 4.79 Å². The lowest BCUT2D eigenvalue weighted by atomic mass is 9.74. The molecule has 96 valence electrons. The Bertz CT molecular complexity index is 539. The summed E-state index contributed by atoms with van der Waals surface area (Å²) in [5.74, 6) is 0.294. The molecule has 0 fully saturated rings. The summed E-state index contributed by atoms with van der Waals surface area (Å²) in [6.45, 7) is 5.77. The summed E-state index contributed by atoms with van der Waals surface area (Å²) < 4.78 is 0. The maximum atomic E-state index is 12.2. The van der Waals surface area contributed by atoms with E-state index < -0.39 is 0 Å². The van der Waals surface area contributed by atoms with Gasteiger partial charge < -0.3 is 10.2 Å². The van der Waals surface area contributed by atoms with E-state index in [2.05, 4.69) is 0 Å². The molecule has 1 aliphatic carbocycles. The van der Waals surface area contributed by atoms with Crippen LogP contribution in [0.5, 0.6) is 5.75 Å². The zero-order chi connectivity index (χ0) is 13.5. The van der Waals surface area contributed by atoms with Crippen molar-refractivity contribution >= 4 is 11.4 Å². The van der Waals surface area contributed by atoms with E-state index in [9.17, 15) is 15.0 Å². The average molecular weight is 246 g/mol. The van der Waals surface area contributed by atoms with Gasteiger partial charge in [-0.1, -0.05) is 19.9 Å². The highest BCUT2D eigenvalue weighted by Crippen LogP contribution is 2.40. The second-order valence-corrected chi connectivity index (χ2v) is 5.76. The highest BCUT2D eigenvalue weighted by Gasteiger charge is 2.33. The normalized spacial score (nSPS) is 19.2. The van der Waals surface area contributed by atoms with E-state index in [-0.39, 0.29) is 22.7 Å². The smallest absolute Gasteiger partial charge is 0.167 e. The average Bonchev–Trinajstić information content (AvgIpc) is 2.18. The van der Waals surface area contributed by atoms with Gasteiger partial charge in [-0.25, -0.2) is 0 Å². The number of ketones is 1. The number of phenolic OH excluding ortho intramolecular Hbond substituents is 1. The van der Waals surface area contributed by atoms with Crippen LogP contribution >= 0.6 is 0 Å². The molecule has 0 bridgehead atoms. The van der Waals surface area contributed by atoms with Gasteiger partial charge in [0.2, 0.25) is 0 Å². The molecule has 2 N–H and O–H groups in total. The number of benzene rings is 1. The number of hydrogen-bond acceptors (Lipinski definition) is 3. The lowest BCUT2D eigenvalue weighted by Crippen LogP contribution is -2.25. The number of aliphatic hydroxyl groups is 1. The van der Waals surface area contributed by atoms with Crippen molar-refractivity contribution in [2.75, 3.05) is 0 Å². The van der Waals surface area contributed by atoms with Gasteiger partial charge in [-0.15, -0.1) is 0 Å². The Morgan fingerprint density at radius 2 is 1.83 bits per heavy atom. The van der Waals surface area contributed by atoms with Crippen molar-refractivity contribution in [2.45, 2.75) is 33.6 Å². The molecule has 18 heavy (non-hydrogen) atoms. The number of phenols is 1. The molecule has 0 saturated carbocycles. The van der Waals surface area contributed by atoms with Gasteiger partial charge >= 0.3 is 0 Å². The number of carbonyl (C=O) groups excluding carboxylic acids is 1. The molecule has 3 heteroatoms. The maximum absolute atomic E-state index is 12.2. The zero-order valence-electron chi connectivity index (χ0n) is 10.9. The third-order valence-corrected chi connectivity index (χ3v) is 3.33. The summed E-state index contributed by atoms with van der Waals surface area (Å²) >= 11 is 0. The topological polar surface area (TPSA) is 57.5 Å². The van der Waals surface area contributed by atoms with E-state index >= 15 is 0 Å². The highest BCUT2D eigenvalue weighted by molar-refractivity contribution is 6.22. The van der Waals surface area contributed by atoms with Gasteiger partial charge in [0, 0.05) is 12.8 Å². The van der Waals surface area contributed by atoms with Crippen LogP contribution in [0.25, 0.3) is 5.57 Å². The fourth-order valence-corrected chi connectivity index (χ4v) is 2.52. The first-order valence-electron chi connectivity index (χ1n) is 6.05. The number of aromatic hydroxyl groups is 1. The van der Waals surface area contributed by atoms with E-state index in [4.69, 9.17) is 0 Å². The summed E-state index contributed by atoms with van der Waals surface area (Å²) in [6, 6.07) is 4.82. The van der Waals surface area contributed by atoms with Gasteiger partial charge in [-0.3, -0.25) is 4.79 Å². The van der Waals surface area contributed by atoms with Crippen molar-refractivity contribution in [3.63, 3.8) is 0 Å². The minimum atomic E-state index is -0.185. The van der Waals surface area contributed by atoms with E-state index in [1.807, 2.05) is 20.8 Å². The molecule has 0 aromatic heterocycles. The second-order valence-electron chi connectivity index (χ2n) is 5.76. The monoisotopic (exact) mass is 246 g/mol. The number of hydrogen-bond donors (Lipinski definition) is 2. The molecule has 1 aromatic carbocycles. The fourth-order valence-electron chi connectivity index (χ4n) is 2.52. The minimum Gasteiger partial charge on any atom is -0.512 e. The lowest BCUT2D eigenvalue weighted by Gasteiger charge is -2.30. The van der Waals surface area contributed by atoms with E-state index in [1.54, 1.807) is 12.1 Å². The Hall–Kier alpha value is -1.77. The molecule has 0 amide bonds. The van der Waals surface area contributed by atoms with Crippen LogP contribution in [0, 0.1) is 12.3 Å². The molecule has 0 aliphatic heterocycles. The molecule has 0 radical (unpaired) electrons. The number of aryl methyl sites for hydroxylation is 1. The predicted molar refractivity (Wildman–Crippen MR) is 70.4 cm³/mol. The van der Waals surface area contributed by atoms with Crippen molar-refractivity contribution in [1.29, 1.82) is 0 Å². The molecule has 0 atom stereocenters. The Kier molecular flexibility index (Phi) is 2.93. The first kappa shape index (κ1) is 12.7. The largest absolute Gasteiger partial charge is 0.512 e. The maximum Gasteiger partial charge on any atom is 0.167 e. The highest BCUT2D eigenvalue weighted by atomic mass is 16.3. The third kappa shape index (κ3) is 2.26. The summed E-state index contributed by atoms with van der Waals surface area (Å²) in [5, 5.41) is 19.5. The number of Topliss-reactive ketones (excluding diaryl/α,β-unsaturated/α-hetero) is 1. The van der Waals surface area contributed by atoms with E-state index in [0.717, 1.165) is 5.56 Å². The molecule has 1 aliphatic rings. The van der Waals surface area contributed by atoms with Crippen LogP contribution in [0.3, 0.4) is 0 Å². The van der Waals surface area contributed by atoms with Gasteiger partial charge in [-0.05, 0) is 35.6 Å². The molecule has 3 nitrogen and oxygen atoms in total. The molecule has 2 rings (SSSR count). The van der Waals surface area contributed by atoms with Gasteiger partial charge in [0.25, 0.3) is 0 Å². The number of allylic oxidation sites excluding steroid dienone is 2. The zero-order valence-corrected chi connectivity index (χ0v) is 10.9.